The predicted molar refractivity (Wildman–Crippen MR) is 120 cm³/mol. The molecule has 0 aliphatic carbocycles. The molecule has 1 aromatic heterocycles. The molecule has 1 atom stereocenters. The lowest BCUT2D eigenvalue weighted by Gasteiger charge is -2.14. The number of aromatic nitrogens is 3. The molecule has 0 saturated heterocycles. The number of amides is 1. The molecule has 10 heteroatoms. The minimum Gasteiger partial charge on any atom is -0.350 e. The van der Waals surface area contributed by atoms with E-state index in [1.54, 1.807) is 29.2 Å². The van der Waals surface area contributed by atoms with Gasteiger partial charge in [0.15, 0.2) is 0 Å². The maximum Gasteiger partial charge on any atom is 0.263 e. The topological polar surface area (TPSA) is 118 Å². The molecular weight excluding hydrogens is 428 g/mol. The first-order chi connectivity index (χ1) is 15.5. The Hall–Kier alpha value is -3.53. The molecule has 2 heterocycles. The van der Waals surface area contributed by atoms with Crippen LogP contribution in [0.3, 0.4) is 0 Å². The van der Waals surface area contributed by atoms with Crippen molar-refractivity contribution >= 4 is 21.8 Å². The molecule has 4 rings (SSSR count). The van der Waals surface area contributed by atoms with E-state index in [-0.39, 0.29) is 16.6 Å². The average Bonchev–Trinajstić information content (AvgIpc) is 3.42. The SMILES string of the molecule is CCCCC(N=C1NS(=O)(=O)c2ccccc21)C(=O)NCc1ccc(-n2cncn2)cc1. The molecule has 0 radical (unpaired) electrons. The second-order valence-corrected chi connectivity index (χ2v) is 9.11. The van der Waals surface area contributed by atoms with Gasteiger partial charge in [0, 0.05) is 12.1 Å². The molecule has 2 N–H and O–H groups in total. The Kier molecular flexibility index (Phi) is 6.31. The lowest BCUT2D eigenvalue weighted by Crippen LogP contribution is -2.35. The lowest BCUT2D eigenvalue weighted by molar-refractivity contribution is -0.122. The number of nitrogens with one attached hydrogen (secondary N) is 2. The zero-order valence-corrected chi connectivity index (χ0v) is 18.4. The van der Waals surface area contributed by atoms with Gasteiger partial charge in [-0.25, -0.2) is 18.1 Å². The maximum atomic E-state index is 12.9. The molecule has 0 bridgehead atoms. The third-order valence-electron chi connectivity index (χ3n) is 5.17. The number of benzene rings is 2. The van der Waals surface area contributed by atoms with Crippen molar-refractivity contribution < 1.29 is 13.2 Å². The van der Waals surface area contributed by atoms with Crippen LogP contribution in [0, 0.1) is 0 Å². The number of rotatable bonds is 8. The number of sulfonamides is 1. The van der Waals surface area contributed by atoms with Gasteiger partial charge in [0.05, 0.1) is 10.6 Å². The predicted octanol–water partition coefficient (Wildman–Crippen LogP) is 2.18. The molecular formula is C22H24N6O3S. The Morgan fingerprint density at radius 3 is 2.69 bits per heavy atom. The Balaban J connectivity index is 1.48. The van der Waals surface area contributed by atoms with E-state index in [4.69, 9.17) is 0 Å². The highest BCUT2D eigenvalue weighted by Crippen LogP contribution is 2.23. The Bertz CT molecular complexity index is 1220. The zero-order chi connectivity index (χ0) is 22.6. The fourth-order valence-corrected chi connectivity index (χ4v) is 4.69. The van der Waals surface area contributed by atoms with Gasteiger partial charge in [0.2, 0.25) is 5.91 Å². The summed E-state index contributed by atoms with van der Waals surface area (Å²) in [7, 11) is -3.65. The van der Waals surface area contributed by atoms with E-state index in [1.807, 2.05) is 31.2 Å². The first-order valence-electron chi connectivity index (χ1n) is 10.4. The summed E-state index contributed by atoms with van der Waals surface area (Å²) in [6.07, 6.45) is 5.32. The molecule has 1 unspecified atom stereocenters. The maximum absolute atomic E-state index is 12.9. The summed E-state index contributed by atoms with van der Waals surface area (Å²) in [5, 5.41) is 7.01. The normalized spacial score (nSPS) is 16.3. The summed E-state index contributed by atoms with van der Waals surface area (Å²) >= 11 is 0. The van der Waals surface area contributed by atoms with Gasteiger partial charge in [-0.05, 0) is 36.2 Å². The molecule has 1 aliphatic heterocycles. The molecule has 32 heavy (non-hydrogen) atoms. The van der Waals surface area contributed by atoms with E-state index >= 15 is 0 Å². The molecule has 2 aromatic carbocycles. The van der Waals surface area contributed by atoms with Crippen LogP contribution in [0.25, 0.3) is 5.69 Å². The number of carbonyl (C=O) groups excluding carboxylic acids is 1. The zero-order valence-electron chi connectivity index (χ0n) is 17.6. The summed E-state index contributed by atoms with van der Waals surface area (Å²) in [6, 6.07) is 13.6. The number of aliphatic imine (C=N–C) groups is 1. The minimum atomic E-state index is -3.65. The van der Waals surface area contributed by atoms with Crippen molar-refractivity contribution in [3.63, 3.8) is 0 Å². The fourth-order valence-electron chi connectivity index (χ4n) is 3.45. The number of unbranched alkanes of at least 4 members (excludes halogenated alkanes) is 1. The highest BCUT2D eigenvalue weighted by atomic mass is 32.2. The van der Waals surface area contributed by atoms with Gasteiger partial charge in [0.1, 0.15) is 24.5 Å². The average molecular weight is 453 g/mol. The van der Waals surface area contributed by atoms with Crippen LogP contribution in [0.4, 0.5) is 0 Å². The van der Waals surface area contributed by atoms with Crippen molar-refractivity contribution in [2.24, 2.45) is 4.99 Å². The molecule has 9 nitrogen and oxygen atoms in total. The van der Waals surface area contributed by atoms with Crippen molar-refractivity contribution in [3.8, 4) is 5.69 Å². The summed E-state index contributed by atoms with van der Waals surface area (Å²) in [5.74, 6) is -0.0241. The molecule has 1 amide bonds. The van der Waals surface area contributed by atoms with Crippen LogP contribution in [-0.4, -0.2) is 41.0 Å². The number of hydrogen-bond donors (Lipinski definition) is 2. The van der Waals surface area contributed by atoms with Gasteiger partial charge in [-0.15, -0.1) is 0 Å². The molecule has 166 valence electrons. The smallest absolute Gasteiger partial charge is 0.263 e. The van der Waals surface area contributed by atoms with Gasteiger partial charge in [0.25, 0.3) is 10.0 Å². The molecule has 0 spiro atoms. The summed E-state index contributed by atoms with van der Waals surface area (Å²) < 4.78 is 28.8. The van der Waals surface area contributed by atoms with Crippen molar-refractivity contribution in [2.45, 2.75) is 43.7 Å². The minimum absolute atomic E-state index is 0.181. The van der Waals surface area contributed by atoms with Gasteiger partial charge >= 0.3 is 0 Å². The fraction of sp³-hybridized carbons (Fsp3) is 0.273. The largest absolute Gasteiger partial charge is 0.350 e. The van der Waals surface area contributed by atoms with Crippen LogP contribution in [0.5, 0.6) is 0 Å². The summed E-state index contributed by atoms with van der Waals surface area (Å²) in [6.45, 7) is 2.37. The number of nitrogens with zero attached hydrogens (tertiary/aromatic N) is 4. The van der Waals surface area contributed by atoms with Gasteiger partial charge in [-0.1, -0.05) is 44.0 Å². The highest BCUT2D eigenvalue weighted by Gasteiger charge is 2.31. The molecule has 0 saturated carbocycles. The quantitative estimate of drug-likeness (QED) is 0.543. The monoisotopic (exact) mass is 452 g/mol. The van der Waals surface area contributed by atoms with Crippen molar-refractivity contribution in [3.05, 3.63) is 72.3 Å². The molecule has 0 fully saturated rings. The van der Waals surface area contributed by atoms with E-state index in [0.717, 1.165) is 24.1 Å². The third-order valence-corrected chi connectivity index (χ3v) is 6.56. The Morgan fingerprint density at radius 1 is 1.19 bits per heavy atom. The van der Waals surface area contributed by atoms with Crippen molar-refractivity contribution in [1.29, 1.82) is 0 Å². The number of fused-ring (bicyclic) bond motifs is 1. The lowest BCUT2D eigenvalue weighted by atomic mass is 10.1. The third kappa shape index (κ3) is 4.70. The number of carbonyl (C=O) groups is 1. The number of hydrogen-bond acceptors (Lipinski definition) is 6. The second kappa shape index (κ2) is 9.31. The van der Waals surface area contributed by atoms with Crippen LogP contribution in [0.1, 0.15) is 37.3 Å². The first kappa shape index (κ1) is 21.7. The standard InChI is InChI=1S/C22H24N6O3S/c1-2-3-7-19(26-21-18-6-4-5-8-20(18)32(30,31)27-21)22(29)24-13-16-9-11-17(12-10-16)28-15-23-14-25-28/h4-6,8-12,14-15,19H,2-3,7,13H2,1H3,(H,24,29)(H,26,27). The summed E-state index contributed by atoms with van der Waals surface area (Å²) in [5.41, 5.74) is 2.29. The highest BCUT2D eigenvalue weighted by molar-refractivity contribution is 7.90. The van der Waals surface area contributed by atoms with E-state index in [2.05, 4.69) is 25.1 Å². The molecule has 3 aromatic rings. The van der Waals surface area contributed by atoms with Crippen molar-refractivity contribution in [1.82, 2.24) is 24.8 Å². The van der Waals surface area contributed by atoms with Gasteiger partial charge in [-0.3, -0.25) is 14.5 Å². The van der Waals surface area contributed by atoms with E-state index in [0.29, 0.717) is 18.5 Å². The van der Waals surface area contributed by atoms with Crippen LogP contribution in [-0.2, 0) is 21.4 Å². The van der Waals surface area contributed by atoms with Crippen LogP contribution >= 0.6 is 0 Å². The Labute approximate surface area is 186 Å². The van der Waals surface area contributed by atoms with E-state index in [1.165, 1.54) is 12.4 Å². The molecule has 1 aliphatic rings. The van der Waals surface area contributed by atoms with E-state index in [9.17, 15) is 13.2 Å². The van der Waals surface area contributed by atoms with Gasteiger partial charge in [-0.2, -0.15) is 5.10 Å². The summed E-state index contributed by atoms with van der Waals surface area (Å²) in [4.78, 5) is 21.5. The second-order valence-electron chi connectivity index (χ2n) is 7.46. The van der Waals surface area contributed by atoms with Crippen LogP contribution < -0.4 is 10.0 Å². The van der Waals surface area contributed by atoms with Crippen LogP contribution in [0.2, 0.25) is 0 Å². The van der Waals surface area contributed by atoms with E-state index < -0.39 is 16.1 Å². The van der Waals surface area contributed by atoms with Gasteiger partial charge < -0.3 is 5.32 Å². The van der Waals surface area contributed by atoms with Crippen LogP contribution in [0.15, 0.2) is 71.1 Å². The number of amidine groups is 1. The first-order valence-corrected chi connectivity index (χ1v) is 11.9. The van der Waals surface area contributed by atoms with Crippen molar-refractivity contribution in [2.75, 3.05) is 0 Å². The Morgan fingerprint density at radius 2 is 1.97 bits per heavy atom.